The summed E-state index contributed by atoms with van der Waals surface area (Å²) >= 11 is 1.22. The minimum absolute atomic E-state index is 0.154. The summed E-state index contributed by atoms with van der Waals surface area (Å²) in [5.74, 6) is 1.60. The molecule has 8 nitrogen and oxygen atoms in total. The van der Waals surface area contributed by atoms with E-state index in [0.29, 0.717) is 22.8 Å². The second-order valence-electron chi connectivity index (χ2n) is 8.41. The predicted octanol–water partition coefficient (Wildman–Crippen LogP) is 5.38. The highest BCUT2D eigenvalue weighted by Crippen LogP contribution is 2.40. The number of nitrogens with one attached hydrogen (secondary N) is 1. The smallest absolute Gasteiger partial charge is 0.277 e. The van der Waals surface area contributed by atoms with Crippen LogP contribution in [0.2, 0.25) is 0 Å². The third-order valence-corrected chi connectivity index (χ3v) is 6.79. The second-order valence-corrected chi connectivity index (χ2v) is 9.33. The van der Waals surface area contributed by atoms with E-state index in [1.54, 1.807) is 4.68 Å². The fourth-order valence-corrected chi connectivity index (χ4v) is 4.49. The molecule has 4 aromatic rings. The SMILES string of the molecule is CCN(CC)c1ccc(-c2nnc(SCC(=O)Nc3cc(C4CC4)nn3-c3ccccc3)o2)cc1. The van der Waals surface area contributed by atoms with Crippen LogP contribution in [0.5, 0.6) is 0 Å². The molecule has 0 bridgehead atoms. The van der Waals surface area contributed by atoms with Crippen LogP contribution in [0.4, 0.5) is 11.5 Å². The fraction of sp³-hybridized carbons (Fsp3) is 0.308. The number of hydrogen-bond donors (Lipinski definition) is 1. The highest BCUT2D eigenvalue weighted by Gasteiger charge is 2.28. The first-order valence-corrected chi connectivity index (χ1v) is 12.9. The summed E-state index contributed by atoms with van der Waals surface area (Å²) in [6.45, 7) is 6.17. The fourth-order valence-electron chi connectivity index (χ4n) is 3.93. The number of hydrogen-bond acceptors (Lipinski definition) is 7. The van der Waals surface area contributed by atoms with Gasteiger partial charge in [-0.05, 0) is 63.1 Å². The lowest BCUT2D eigenvalue weighted by Crippen LogP contribution is -2.21. The van der Waals surface area contributed by atoms with E-state index in [2.05, 4.69) is 46.4 Å². The van der Waals surface area contributed by atoms with Gasteiger partial charge in [-0.25, -0.2) is 4.68 Å². The van der Waals surface area contributed by atoms with E-state index < -0.39 is 0 Å². The zero-order valence-corrected chi connectivity index (χ0v) is 20.7. The molecule has 1 N–H and O–H groups in total. The zero-order valence-electron chi connectivity index (χ0n) is 19.8. The third-order valence-electron chi connectivity index (χ3n) is 5.97. The van der Waals surface area contributed by atoms with Crippen LogP contribution < -0.4 is 10.2 Å². The average molecular weight is 489 g/mol. The number of anilines is 2. The van der Waals surface area contributed by atoms with Gasteiger partial charge in [0, 0.05) is 36.3 Å². The number of carbonyl (C=O) groups excluding carboxylic acids is 1. The Balaban J connectivity index is 1.22. The van der Waals surface area contributed by atoms with E-state index in [4.69, 9.17) is 9.52 Å². The molecule has 1 fully saturated rings. The van der Waals surface area contributed by atoms with Gasteiger partial charge in [0.15, 0.2) is 0 Å². The van der Waals surface area contributed by atoms with Gasteiger partial charge in [-0.15, -0.1) is 10.2 Å². The summed E-state index contributed by atoms with van der Waals surface area (Å²) in [6.07, 6.45) is 2.29. The topological polar surface area (TPSA) is 89.1 Å². The zero-order chi connectivity index (χ0) is 24.2. The Hall–Kier alpha value is -3.59. The van der Waals surface area contributed by atoms with Crippen molar-refractivity contribution in [1.29, 1.82) is 0 Å². The minimum atomic E-state index is -0.155. The quantitative estimate of drug-likeness (QED) is 0.300. The highest BCUT2D eigenvalue weighted by atomic mass is 32.2. The lowest BCUT2D eigenvalue weighted by molar-refractivity contribution is -0.113. The van der Waals surface area contributed by atoms with Crippen LogP contribution >= 0.6 is 11.8 Å². The van der Waals surface area contributed by atoms with Crippen LogP contribution in [-0.4, -0.2) is 44.7 Å². The van der Waals surface area contributed by atoms with Crippen LogP contribution in [-0.2, 0) is 4.79 Å². The molecule has 0 spiro atoms. The Labute approximate surface area is 208 Å². The molecule has 1 aliphatic rings. The van der Waals surface area contributed by atoms with Gasteiger partial charge < -0.3 is 14.6 Å². The molecule has 1 saturated carbocycles. The molecule has 0 unspecified atom stereocenters. The molecule has 0 atom stereocenters. The molecule has 1 amide bonds. The van der Waals surface area contributed by atoms with Gasteiger partial charge in [0.05, 0.1) is 17.1 Å². The Kier molecular flexibility index (Phi) is 6.85. The lowest BCUT2D eigenvalue weighted by Gasteiger charge is -2.20. The molecule has 2 aromatic heterocycles. The molecule has 2 aromatic carbocycles. The number of benzene rings is 2. The monoisotopic (exact) mass is 488 g/mol. The van der Waals surface area contributed by atoms with Gasteiger partial charge in [0.2, 0.25) is 11.8 Å². The maximum atomic E-state index is 12.7. The Morgan fingerprint density at radius 1 is 1.09 bits per heavy atom. The Morgan fingerprint density at radius 3 is 2.51 bits per heavy atom. The molecular weight excluding hydrogens is 460 g/mol. The van der Waals surface area contributed by atoms with Gasteiger partial charge >= 0.3 is 0 Å². The van der Waals surface area contributed by atoms with Crippen molar-refractivity contribution in [2.45, 2.75) is 37.8 Å². The van der Waals surface area contributed by atoms with E-state index in [1.165, 1.54) is 11.8 Å². The maximum absolute atomic E-state index is 12.7. The van der Waals surface area contributed by atoms with Crippen LogP contribution in [0.3, 0.4) is 0 Å². The number of amides is 1. The van der Waals surface area contributed by atoms with Crippen molar-refractivity contribution >= 4 is 29.2 Å². The van der Waals surface area contributed by atoms with E-state index in [1.807, 2.05) is 48.5 Å². The minimum Gasteiger partial charge on any atom is -0.411 e. The molecule has 1 aliphatic carbocycles. The summed E-state index contributed by atoms with van der Waals surface area (Å²) in [5.41, 5.74) is 3.94. The molecule has 9 heteroatoms. The summed E-state index contributed by atoms with van der Waals surface area (Å²) in [6, 6.07) is 19.9. The number of para-hydroxylation sites is 1. The van der Waals surface area contributed by atoms with Crippen molar-refractivity contribution in [3.05, 3.63) is 66.4 Å². The van der Waals surface area contributed by atoms with Crippen molar-refractivity contribution in [2.75, 3.05) is 29.1 Å². The van der Waals surface area contributed by atoms with Gasteiger partial charge in [-0.3, -0.25) is 4.79 Å². The van der Waals surface area contributed by atoms with Crippen LogP contribution in [0.1, 0.15) is 38.3 Å². The Bertz CT molecular complexity index is 1280. The van der Waals surface area contributed by atoms with Gasteiger partial charge in [-0.2, -0.15) is 5.10 Å². The number of carbonyl (C=O) groups is 1. The molecule has 5 rings (SSSR count). The molecule has 2 heterocycles. The molecule has 0 radical (unpaired) electrons. The van der Waals surface area contributed by atoms with Crippen LogP contribution in [0.25, 0.3) is 17.1 Å². The highest BCUT2D eigenvalue weighted by molar-refractivity contribution is 7.99. The predicted molar refractivity (Wildman–Crippen MR) is 138 cm³/mol. The first-order valence-electron chi connectivity index (χ1n) is 11.9. The lowest BCUT2D eigenvalue weighted by atomic mass is 10.2. The number of nitrogens with zero attached hydrogens (tertiary/aromatic N) is 5. The van der Waals surface area contributed by atoms with Crippen molar-refractivity contribution in [1.82, 2.24) is 20.0 Å². The van der Waals surface area contributed by atoms with Gasteiger partial charge in [-0.1, -0.05) is 30.0 Å². The van der Waals surface area contributed by atoms with Crippen LogP contribution in [0, 0.1) is 0 Å². The third kappa shape index (κ3) is 5.40. The van der Waals surface area contributed by atoms with Crippen molar-refractivity contribution in [3.63, 3.8) is 0 Å². The summed E-state index contributed by atoms with van der Waals surface area (Å²) in [5, 5.41) is 16.3. The number of aromatic nitrogens is 4. The average Bonchev–Trinajstić information content (AvgIpc) is 3.49. The number of thioether (sulfide) groups is 1. The number of rotatable bonds is 10. The van der Waals surface area contributed by atoms with Crippen molar-refractivity contribution in [2.24, 2.45) is 0 Å². The summed E-state index contributed by atoms with van der Waals surface area (Å²) in [4.78, 5) is 15.0. The van der Waals surface area contributed by atoms with Gasteiger partial charge in [0.25, 0.3) is 5.22 Å². The Morgan fingerprint density at radius 2 is 1.83 bits per heavy atom. The molecular formula is C26H28N6O2S. The van der Waals surface area contributed by atoms with Crippen LogP contribution in [0.15, 0.2) is 70.3 Å². The normalized spacial score (nSPS) is 13.1. The van der Waals surface area contributed by atoms with E-state index in [-0.39, 0.29) is 11.7 Å². The van der Waals surface area contributed by atoms with E-state index in [9.17, 15) is 4.79 Å². The summed E-state index contributed by atoms with van der Waals surface area (Å²) in [7, 11) is 0. The molecule has 0 aliphatic heterocycles. The second kappa shape index (κ2) is 10.4. The first-order chi connectivity index (χ1) is 17.1. The maximum Gasteiger partial charge on any atom is 0.277 e. The van der Waals surface area contributed by atoms with E-state index in [0.717, 1.165) is 48.6 Å². The summed E-state index contributed by atoms with van der Waals surface area (Å²) < 4.78 is 7.58. The molecule has 35 heavy (non-hydrogen) atoms. The standard InChI is InChI=1S/C26H28N6O2S/c1-3-31(4-2)20-14-12-19(13-15-20)25-28-29-26(34-25)35-17-24(33)27-23-16-22(18-10-11-18)30-32(23)21-8-6-5-7-9-21/h5-9,12-16,18H,3-4,10-11,17H2,1-2H3,(H,27,33). The van der Waals surface area contributed by atoms with Gasteiger partial charge in [0.1, 0.15) is 5.82 Å². The van der Waals surface area contributed by atoms with Crippen molar-refractivity contribution < 1.29 is 9.21 Å². The first kappa shape index (κ1) is 23.2. The largest absolute Gasteiger partial charge is 0.411 e. The molecule has 0 saturated heterocycles. The molecule has 180 valence electrons. The van der Waals surface area contributed by atoms with E-state index >= 15 is 0 Å². The van der Waals surface area contributed by atoms with Crippen molar-refractivity contribution in [3.8, 4) is 17.1 Å².